The second-order valence-electron chi connectivity index (χ2n) is 4.57. The lowest BCUT2D eigenvalue weighted by Crippen LogP contribution is -2.30. The summed E-state index contributed by atoms with van der Waals surface area (Å²) in [5.41, 5.74) is 0.698. The Hall–Kier alpha value is -2.21. The second kappa shape index (κ2) is 7.70. The lowest BCUT2D eigenvalue weighted by atomic mass is 10.3. The highest BCUT2D eigenvalue weighted by molar-refractivity contribution is 8.00. The third-order valence-electron chi connectivity index (χ3n) is 2.89. The summed E-state index contributed by atoms with van der Waals surface area (Å²) in [6.45, 7) is 4.29. The number of pyridine rings is 1. The molecule has 5 nitrogen and oxygen atoms in total. The fraction of sp³-hybridized carbons (Fsp3) is 0.250. The third kappa shape index (κ3) is 4.39. The topological polar surface area (TPSA) is 65.3 Å². The van der Waals surface area contributed by atoms with Crippen molar-refractivity contribution in [3.8, 4) is 5.75 Å². The molecule has 1 N–H and O–H groups in total. The van der Waals surface area contributed by atoms with Crippen LogP contribution in [0.3, 0.4) is 0 Å². The minimum absolute atomic E-state index is 0.155. The molecule has 1 aromatic carbocycles. The van der Waals surface area contributed by atoms with E-state index in [4.69, 9.17) is 4.74 Å². The highest BCUT2D eigenvalue weighted by Gasteiger charge is 2.18. The number of anilines is 1. The Labute approximate surface area is 133 Å². The zero-order chi connectivity index (χ0) is 15.9. The quantitative estimate of drug-likeness (QED) is 0.505. The van der Waals surface area contributed by atoms with Crippen LogP contribution in [0.25, 0.3) is 0 Å². The number of nitrogens with one attached hydrogen (secondary N) is 1. The van der Waals surface area contributed by atoms with Crippen LogP contribution in [0.1, 0.15) is 13.8 Å². The van der Waals surface area contributed by atoms with Gasteiger partial charge in [0.2, 0.25) is 5.91 Å². The molecular formula is C16H18N2O3S. The highest BCUT2D eigenvalue weighted by atomic mass is 32.2. The van der Waals surface area contributed by atoms with E-state index in [2.05, 4.69) is 5.32 Å². The molecule has 2 aromatic rings. The summed E-state index contributed by atoms with van der Waals surface area (Å²) in [6, 6.07) is 12.3. The molecule has 0 bridgehead atoms. The van der Waals surface area contributed by atoms with Crippen LogP contribution in [0.4, 0.5) is 5.69 Å². The van der Waals surface area contributed by atoms with E-state index < -0.39 is 0 Å². The Bertz CT molecular complexity index is 632. The summed E-state index contributed by atoms with van der Waals surface area (Å²) in [4.78, 5) is 12.2. The van der Waals surface area contributed by atoms with Crippen molar-refractivity contribution >= 4 is 23.4 Å². The number of hydrogen-bond acceptors (Lipinski definition) is 4. The van der Waals surface area contributed by atoms with Gasteiger partial charge in [0.25, 0.3) is 5.03 Å². The van der Waals surface area contributed by atoms with E-state index in [9.17, 15) is 10.0 Å². The van der Waals surface area contributed by atoms with E-state index in [0.717, 1.165) is 10.5 Å². The minimum atomic E-state index is -0.380. The molecule has 1 amide bonds. The van der Waals surface area contributed by atoms with Gasteiger partial charge in [-0.2, -0.15) is 4.73 Å². The van der Waals surface area contributed by atoms with E-state index >= 15 is 0 Å². The van der Waals surface area contributed by atoms with Gasteiger partial charge in [0.05, 0.1) is 11.9 Å². The zero-order valence-corrected chi connectivity index (χ0v) is 13.3. The first kappa shape index (κ1) is 16.2. The monoisotopic (exact) mass is 318 g/mol. The van der Waals surface area contributed by atoms with Crippen molar-refractivity contribution in [1.29, 1.82) is 0 Å². The molecule has 6 heteroatoms. The SMILES string of the molecule is CCOc1ccc(NC(=O)[C@H](C)Sc2cccc[n+]2[O-])cc1. The first-order chi connectivity index (χ1) is 10.6. The molecule has 0 saturated carbocycles. The van der Waals surface area contributed by atoms with Crippen molar-refractivity contribution in [2.45, 2.75) is 24.1 Å². The number of carbonyl (C=O) groups is 1. The Balaban J connectivity index is 1.95. The normalized spacial score (nSPS) is 11.7. The van der Waals surface area contributed by atoms with Crippen molar-refractivity contribution < 1.29 is 14.3 Å². The molecule has 116 valence electrons. The zero-order valence-electron chi connectivity index (χ0n) is 12.5. The molecule has 1 atom stereocenters. The van der Waals surface area contributed by atoms with Crippen LogP contribution in [0.5, 0.6) is 5.75 Å². The van der Waals surface area contributed by atoms with Crippen molar-refractivity contribution in [1.82, 2.24) is 0 Å². The number of benzene rings is 1. The minimum Gasteiger partial charge on any atom is -0.618 e. The average Bonchev–Trinajstić information content (AvgIpc) is 2.51. The number of nitrogens with zero attached hydrogens (tertiary/aromatic N) is 1. The number of aromatic nitrogens is 1. The summed E-state index contributed by atoms with van der Waals surface area (Å²) in [5, 5.41) is 14.5. The van der Waals surface area contributed by atoms with E-state index in [1.54, 1.807) is 49.4 Å². The van der Waals surface area contributed by atoms with E-state index in [-0.39, 0.29) is 11.2 Å². The molecular weight excluding hydrogens is 300 g/mol. The van der Waals surface area contributed by atoms with Gasteiger partial charge >= 0.3 is 0 Å². The molecule has 0 spiro atoms. The summed E-state index contributed by atoms with van der Waals surface area (Å²) >= 11 is 1.22. The van der Waals surface area contributed by atoms with Gasteiger partial charge in [-0.05, 0) is 55.9 Å². The molecule has 1 aromatic heterocycles. The van der Waals surface area contributed by atoms with Crippen molar-refractivity contribution in [2.24, 2.45) is 0 Å². The van der Waals surface area contributed by atoms with Gasteiger partial charge in [-0.1, -0.05) is 0 Å². The summed E-state index contributed by atoms with van der Waals surface area (Å²) < 4.78 is 6.11. The fourth-order valence-electron chi connectivity index (χ4n) is 1.78. The standard InChI is InChI=1S/C16H18N2O3S/c1-3-21-14-9-7-13(8-10-14)17-16(19)12(2)22-15-6-4-5-11-18(15)20/h4-12H,3H2,1-2H3,(H,17,19)/t12-/m0/s1. The molecule has 0 radical (unpaired) electrons. The number of hydrogen-bond donors (Lipinski definition) is 1. The van der Waals surface area contributed by atoms with E-state index in [1.807, 2.05) is 6.92 Å². The summed E-state index contributed by atoms with van der Waals surface area (Å²) in [6.07, 6.45) is 1.42. The number of thioether (sulfide) groups is 1. The fourth-order valence-corrected chi connectivity index (χ4v) is 2.63. The Morgan fingerprint density at radius 3 is 2.68 bits per heavy atom. The maximum absolute atomic E-state index is 12.2. The van der Waals surface area contributed by atoms with Crippen molar-refractivity contribution in [3.63, 3.8) is 0 Å². The molecule has 0 aliphatic rings. The van der Waals surface area contributed by atoms with Crippen molar-refractivity contribution in [3.05, 3.63) is 53.9 Å². The molecule has 1 heterocycles. The molecule has 0 aliphatic heterocycles. The van der Waals surface area contributed by atoms with E-state index in [0.29, 0.717) is 17.3 Å². The van der Waals surface area contributed by atoms with Crippen LogP contribution in [-0.4, -0.2) is 17.8 Å². The Morgan fingerprint density at radius 1 is 1.32 bits per heavy atom. The maximum atomic E-state index is 12.2. The number of carbonyl (C=O) groups excluding carboxylic acids is 1. The van der Waals surface area contributed by atoms with Crippen LogP contribution in [0.15, 0.2) is 53.7 Å². The van der Waals surface area contributed by atoms with Gasteiger partial charge < -0.3 is 15.3 Å². The molecule has 0 aliphatic carbocycles. The smallest absolute Gasteiger partial charge is 0.252 e. The van der Waals surface area contributed by atoms with E-state index in [1.165, 1.54) is 18.0 Å². The van der Waals surface area contributed by atoms with Gasteiger partial charge in [-0.15, -0.1) is 0 Å². The molecule has 2 rings (SSSR count). The van der Waals surface area contributed by atoms with Crippen LogP contribution in [0, 0.1) is 5.21 Å². The van der Waals surface area contributed by atoms with Gasteiger partial charge in [0.15, 0.2) is 6.20 Å². The number of ether oxygens (including phenoxy) is 1. The molecule has 22 heavy (non-hydrogen) atoms. The van der Waals surface area contributed by atoms with Gasteiger partial charge in [0.1, 0.15) is 5.75 Å². The van der Waals surface area contributed by atoms with Crippen LogP contribution >= 0.6 is 11.8 Å². The molecule has 0 unspecified atom stereocenters. The third-order valence-corrected chi connectivity index (χ3v) is 4.01. The second-order valence-corrected chi connectivity index (χ2v) is 5.93. The lowest BCUT2D eigenvalue weighted by molar-refractivity contribution is -0.645. The van der Waals surface area contributed by atoms with Crippen LogP contribution in [0.2, 0.25) is 0 Å². The average molecular weight is 318 g/mol. The maximum Gasteiger partial charge on any atom is 0.252 e. The summed E-state index contributed by atoms with van der Waals surface area (Å²) in [5.74, 6) is 0.609. The van der Waals surface area contributed by atoms with Gasteiger partial charge in [-0.3, -0.25) is 4.79 Å². The predicted molar refractivity (Wildman–Crippen MR) is 87.0 cm³/mol. The largest absolute Gasteiger partial charge is 0.618 e. The van der Waals surface area contributed by atoms with Gasteiger partial charge in [-0.25, -0.2) is 0 Å². The Morgan fingerprint density at radius 2 is 2.05 bits per heavy atom. The number of amides is 1. The predicted octanol–water partition coefficient (Wildman–Crippen LogP) is 2.84. The van der Waals surface area contributed by atoms with Crippen LogP contribution in [-0.2, 0) is 4.79 Å². The van der Waals surface area contributed by atoms with Crippen LogP contribution < -0.4 is 14.8 Å². The molecule has 0 fully saturated rings. The van der Waals surface area contributed by atoms with Gasteiger partial charge in [0, 0.05) is 17.8 Å². The highest BCUT2D eigenvalue weighted by Crippen LogP contribution is 2.21. The first-order valence-corrected chi connectivity index (χ1v) is 7.86. The first-order valence-electron chi connectivity index (χ1n) is 6.98. The van der Waals surface area contributed by atoms with Crippen molar-refractivity contribution in [2.75, 3.05) is 11.9 Å². The Kier molecular flexibility index (Phi) is 5.66. The lowest BCUT2D eigenvalue weighted by Gasteiger charge is -2.12. The number of rotatable bonds is 6. The summed E-state index contributed by atoms with van der Waals surface area (Å²) in [7, 11) is 0. The molecule has 0 saturated heterocycles.